The molecule has 10 aromatic carbocycles. The predicted octanol–water partition coefficient (Wildman–Crippen LogP) is 17.7. The Morgan fingerprint density at radius 1 is 0.292 bits per heavy atom. The highest BCUT2D eigenvalue weighted by Gasteiger charge is 2.36. The fourth-order valence-electron chi connectivity index (χ4n) is 10.0. The van der Waals surface area contributed by atoms with Gasteiger partial charge in [0.15, 0.2) is 0 Å². The average Bonchev–Trinajstić information content (AvgIpc) is 3.85. The zero-order chi connectivity index (χ0) is 43.5. The lowest BCUT2D eigenvalue weighted by Gasteiger charge is -2.28. The topological polar surface area (TPSA) is 16.4 Å². The Bertz CT molecular complexity index is 3470. The second-order valence-electron chi connectivity index (χ2n) is 17.8. The van der Waals surface area contributed by atoms with Gasteiger partial charge in [0.25, 0.3) is 0 Å². The smallest absolute Gasteiger partial charge is 0.135 e. The van der Waals surface area contributed by atoms with Gasteiger partial charge in [0, 0.05) is 33.2 Å². The number of hydrogen-bond acceptors (Lipinski definition) is 2. The summed E-state index contributed by atoms with van der Waals surface area (Å²) in [5.74, 6) is 0. The third kappa shape index (κ3) is 6.83. The minimum absolute atomic E-state index is 0.193. The number of fused-ring (bicyclic) bond motifs is 6. The van der Waals surface area contributed by atoms with E-state index in [9.17, 15) is 0 Å². The molecule has 0 aliphatic heterocycles. The normalized spacial score (nSPS) is 12.6. The van der Waals surface area contributed by atoms with E-state index in [0.29, 0.717) is 0 Å². The van der Waals surface area contributed by atoms with E-state index in [1.807, 2.05) is 12.1 Å². The first-order valence-corrected chi connectivity index (χ1v) is 22.5. The maximum atomic E-state index is 6.17. The van der Waals surface area contributed by atoms with E-state index in [4.69, 9.17) is 4.42 Å². The molecule has 0 amide bonds. The van der Waals surface area contributed by atoms with Crippen molar-refractivity contribution < 1.29 is 4.42 Å². The van der Waals surface area contributed by atoms with E-state index in [1.54, 1.807) is 0 Å². The van der Waals surface area contributed by atoms with Gasteiger partial charge in [-0.1, -0.05) is 172 Å². The molecule has 0 bridgehead atoms. The molecule has 1 aromatic heterocycles. The van der Waals surface area contributed by atoms with Crippen molar-refractivity contribution >= 4 is 39.0 Å². The SMILES string of the molecule is CC1(C)c2cc(-c3ccccc3)ccc2-c2ccc(N(c3ccc(-c4cc(-c5ccccc5)cc(-c5ccccc5)c4)cc3)c3ccc(-c4ccc5oc6ccccc6c5c4)cc3)cc21. The summed E-state index contributed by atoms with van der Waals surface area (Å²) in [5, 5.41) is 2.27. The van der Waals surface area contributed by atoms with Crippen molar-refractivity contribution in [2.24, 2.45) is 0 Å². The summed E-state index contributed by atoms with van der Waals surface area (Å²) < 4.78 is 6.17. The highest BCUT2D eigenvalue weighted by atomic mass is 16.3. The van der Waals surface area contributed by atoms with Crippen LogP contribution in [0.2, 0.25) is 0 Å². The molecule has 11 aromatic rings. The summed E-state index contributed by atoms with van der Waals surface area (Å²) in [5.41, 5.74) is 22.2. The van der Waals surface area contributed by atoms with E-state index >= 15 is 0 Å². The third-order valence-corrected chi connectivity index (χ3v) is 13.5. The molecule has 1 aliphatic rings. The summed E-state index contributed by atoms with van der Waals surface area (Å²) in [6.07, 6.45) is 0. The Labute approximate surface area is 380 Å². The largest absolute Gasteiger partial charge is 0.456 e. The van der Waals surface area contributed by atoms with Gasteiger partial charge in [-0.3, -0.25) is 0 Å². The van der Waals surface area contributed by atoms with Gasteiger partial charge in [-0.05, 0) is 157 Å². The molecule has 0 fully saturated rings. The second-order valence-corrected chi connectivity index (χ2v) is 17.8. The molecule has 1 aliphatic carbocycles. The van der Waals surface area contributed by atoms with Crippen LogP contribution in [0.4, 0.5) is 17.1 Å². The Kier molecular flexibility index (Phi) is 9.21. The zero-order valence-corrected chi connectivity index (χ0v) is 36.4. The lowest BCUT2D eigenvalue weighted by atomic mass is 9.81. The number of hydrogen-bond donors (Lipinski definition) is 0. The van der Waals surface area contributed by atoms with Crippen LogP contribution in [0.15, 0.2) is 241 Å². The molecule has 1 heterocycles. The summed E-state index contributed by atoms with van der Waals surface area (Å²) in [7, 11) is 0. The van der Waals surface area contributed by atoms with Gasteiger partial charge in [-0.2, -0.15) is 0 Å². The lowest BCUT2D eigenvalue weighted by Crippen LogP contribution is -2.16. The van der Waals surface area contributed by atoms with Gasteiger partial charge in [-0.25, -0.2) is 0 Å². The van der Waals surface area contributed by atoms with Crippen molar-refractivity contribution in [3.63, 3.8) is 0 Å². The molecule has 0 unspecified atom stereocenters. The third-order valence-electron chi connectivity index (χ3n) is 13.5. The van der Waals surface area contributed by atoms with E-state index < -0.39 is 0 Å². The van der Waals surface area contributed by atoms with Crippen LogP contribution in [0, 0.1) is 0 Å². The maximum absolute atomic E-state index is 6.17. The molecule has 0 N–H and O–H groups in total. The number of nitrogens with zero attached hydrogens (tertiary/aromatic N) is 1. The maximum Gasteiger partial charge on any atom is 0.135 e. The minimum Gasteiger partial charge on any atom is -0.456 e. The summed E-state index contributed by atoms with van der Waals surface area (Å²) >= 11 is 0. The van der Waals surface area contributed by atoms with Gasteiger partial charge < -0.3 is 9.32 Å². The number of benzene rings is 10. The van der Waals surface area contributed by atoms with Crippen molar-refractivity contribution in [2.75, 3.05) is 4.90 Å². The molecule has 0 saturated carbocycles. The highest BCUT2D eigenvalue weighted by Crippen LogP contribution is 2.52. The first-order chi connectivity index (χ1) is 31.9. The molecular formula is C63H45NO. The molecule has 0 spiro atoms. The molecule has 308 valence electrons. The molecule has 65 heavy (non-hydrogen) atoms. The van der Waals surface area contributed by atoms with Gasteiger partial charge in [0.1, 0.15) is 11.2 Å². The van der Waals surface area contributed by atoms with Crippen LogP contribution in [0.3, 0.4) is 0 Å². The first kappa shape index (κ1) is 38.5. The number of para-hydroxylation sites is 1. The Morgan fingerprint density at radius 2 is 0.692 bits per heavy atom. The fraction of sp³-hybridized carbons (Fsp3) is 0.0476. The van der Waals surface area contributed by atoms with Crippen molar-refractivity contribution in [1.82, 2.24) is 0 Å². The van der Waals surface area contributed by atoms with Gasteiger partial charge >= 0.3 is 0 Å². The monoisotopic (exact) mass is 831 g/mol. The van der Waals surface area contributed by atoms with Crippen LogP contribution < -0.4 is 4.90 Å². The average molecular weight is 832 g/mol. The van der Waals surface area contributed by atoms with Crippen molar-refractivity contribution in [1.29, 1.82) is 0 Å². The van der Waals surface area contributed by atoms with E-state index in [1.165, 1.54) is 66.8 Å². The van der Waals surface area contributed by atoms with Gasteiger partial charge in [0.2, 0.25) is 0 Å². The first-order valence-electron chi connectivity index (χ1n) is 22.5. The van der Waals surface area contributed by atoms with Crippen molar-refractivity contribution in [2.45, 2.75) is 19.3 Å². The van der Waals surface area contributed by atoms with Gasteiger partial charge in [0.05, 0.1) is 0 Å². The summed E-state index contributed by atoms with van der Waals surface area (Å²) in [6.45, 7) is 4.74. The number of furan rings is 1. The number of rotatable bonds is 8. The van der Waals surface area contributed by atoms with E-state index in [2.05, 4.69) is 243 Å². The fourth-order valence-corrected chi connectivity index (χ4v) is 10.0. The molecule has 0 saturated heterocycles. The predicted molar refractivity (Wildman–Crippen MR) is 273 cm³/mol. The van der Waals surface area contributed by atoms with Crippen molar-refractivity contribution in [3.05, 3.63) is 248 Å². The summed E-state index contributed by atoms with van der Waals surface area (Å²) in [4.78, 5) is 2.41. The van der Waals surface area contributed by atoms with Crippen LogP contribution in [0.25, 0.3) is 88.7 Å². The van der Waals surface area contributed by atoms with Gasteiger partial charge in [-0.15, -0.1) is 0 Å². The molecule has 0 radical (unpaired) electrons. The lowest BCUT2D eigenvalue weighted by molar-refractivity contribution is 0.660. The molecule has 12 rings (SSSR count). The summed E-state index contributed by atoms with van der Waals surface area (Å²) in [6, 6.07) is 86.0. The van der Waals surface area contributed by atoms with Crippen LogP contribution in [-0.4, -0.2) is 0 Å². The number of anilines is 3. The molecular weight excluding hydrogens is 787 g/mol. The van der Waals surface area contributed by atoms with E-state index in [-0.39, 0.29) is 5.41 Å². The molecule has 2 heteroatoms. The Hall–Kier alpha value is -8.20. The van der Waals surface area contributed by atoms with Crippen molar-refractivity contribution in [3.8, 4) is 66.8 Å². The second kappa shape index (κ2) is 15.6. The van der Waals surface area contributed by atoms with E-state index in [0.717, 1.165) is 50.1 Å². The molecule has 2 nitrogen and oxygen atoms in total. The van der Waals surface area contributed by atoms with Crippen LogP contribution in [-0.2, 0) is 5.41 Å². The zero-order valence-electron chi connectivity index (χ0n) is 36.4. The van der Waals surface area contributed by atoms with Crippen LogP contribution in [0.1, 0.15) is 25.0 Å². The quantitative estimate of drug-likeness (QED) is 0.152. The Morgan fingerprint density at radius 3 is 1.28 bits per heavy atom. The standard InChI is InChI=1S/C63H45NO/c1-63(2)59-40-48(42-14-6-3-7-15-42)26-33-55(59)56-34-32-54(41-60(56)63)64(52-28-22-45(23-29-52)47-27-35-62-58(39-47)57-20-12-13-21-61(57)65-62)53-30-24-46(25-31-53)51-37-49(43-16-8-4-9-17-43)36-50(38-51)44-18-10-5-11-19-44/h3-41H,1-2H3. The highest BCUT2D eigenvalue weighted by molar-refractivity contribution is 6.06. The molecule has 0 atom stereocenters. The van der Waals surface area contributed by atoms with Crippen LogP contribution >= 0.6 is 0 Å². The minimum atomic E-state index is -0.193. The van der Waals surface area contributed by atoms with Crippen LogP contribution in [0.5, 0.6) is 0 Å². The Balaban J connectivity index is 0.955.